The molecule has 0 fully saturated rings. The first kappa shape index (κ1) is 23.3. The van der Waals surface area contributed by atoms with Crippen molar-refractivity contribution in [2.75, 3.05) is 19.1 Å². The van der Waals surface area contributed by atoms with E-state index >= 15 is 0 Å². The highest BCUT2D eigenvalue weighted by molar-refractivity contribution is 7.98. The topological polar surface area (TPSA) is 96.5 Å². The number of carbonyl (C=O) groups excluding carboxylic acids is 3. The summed E-state index contributed by atoms with van der Waals surface area (Å²) in [6.07, 6.45) is 1.49. The van der Waals surface area contributed by atoms with Gasteiger partial charge in [-0.15, -0.1) is 0 Å². The molecule has 0 heterocycles. The monoisotopic (exact) mass is 429 g/mol. The van der Waals surface area contributed by atoms with Gasteiger partial charge in [-0.2, -0.15) is 11.8 Å². The molecule has 2 aromatic carbocycles. The molecule has 3 N–H and O–H groups in total. The summed E-state index contributed by atoms with van der Waals surface area (Å²) >= 11 is 1.41. The van der Waals surface area contributed by atoms with Crippen molar-refractivity contribution in [3.63, 3.8) is 0 Å². The summed E-state index contributed by atoms with van der Waals surface area (Å²) in [5, 5.41) is 7.90. The maximum absolute atomic E-state index is 12.8. The van der Waals surface area contributed by atoms with Crippen LogP contribution in [0.5, 0.6) is 0 Å². The molecule has 0 spiro atoms. The maximum Gasteiger partial charge on any atom is 0.408 e. The largest absolute Gasteiger partial charge is 0.445 e. The zero-order valence-corrected chi connectivity index (χ0v) is 17.9. The highest BCUT2D eigenvalue weighted by Gasteiger charge is 2.26. The summed E-state index contributed by atoms with van der Waals surface area (Å²) in [6, 6.07) is 17.1. The molecule has 2 atom stereocenters. The number of ether oxygens (including phenoxy) is 1. The Hall–Kier alpha value is -3.00. The zero-order valence-electron chi connectivity index (χ0n) is 17.1. The van der Waals surface area contributed by atoms with Crippen LogP contribution >= 0.6 is 11.8 Å². The van der Waals surface area contributed by atoms with Gasteiger partial charge in [0.05, 0.1) is 0 Å². The molecular weight excluding hydrogens is 402 g/mol. The van der Waals surface area contributed by atoms with Crippen LogP contribution in [0.15, 0.2) is 60.7 Å². The minimum Gasteiger partial charge on any atom is -0.445 e. The second-order valence-electron chi connectivity index (χ2n) is 6.58. The molecule has 0 aliphatic carbocycles. The molecule has 0 aromatic heterocycles. The summed E-state index contributed by atoms with van der Waals surface area (Å²) in [5.41, 5.74) is 1.77. The molecule has 0 aliphatic rings. The molecule has 0 bridgehead atoms. The molecule has 8 heteroatoms. The Morgan fingerprint density at radius 3 is 2.03 bits per heavy atom. The zero-order chi connectivity index (χ0) is 21.8. The van der Waals surface area contributed by atoms with Gasteiger partial charge in [-0.3, -0.25) is 9.59 Å². The molecular formula is C22H27N3O4S. The number of thioether (sulfide) groups is 1. The van der Waals surface area contributed by atoms with Crippen molar-refractivity contribution in [1.29, 1.82) is 0 Å². The lowest BCUT2D eigenvalue weighted by atomic mass is 10.0. The molecule has 160 valence electrons. The van der Waals surface area contributed by atoms with Gasteiger partial charge < -0.3 is 20.7 Å². The Kier molecular flexibility index (Phi) is 9.73. The fraction of sp³-hybridized carbons (Fsp3) is 0.318. The van der Waals surface area contributed by atoms with Crippen LogP contribution in [-0.2, 0) is 27.4 Å². The number of likely N-dealkylation sites (N-methyl/N-ethyl adjacent to an activating group) is 1. The van der Waals surface area contributed by atoms with Gasteiger partial charge in [-0.05, 0) is 17.4 Å². The number of alkyl carbamates (subject to hydrolysis) is 1. The summed E-state index contributed by atoms with van der Waals surface area (Å²) in [6.45, 7) is 0.106. The molecule has 0 radical (unpaired) electrons. The van der Waals surface area contributed by atoms with Crippen LogP contribution in [-0.4, -0.2) is 49.0 Å². The van der Waals surface area contributed by atoms with Crippen LogP contribution in [0.1, 0.15) is 11.1 Å². The first-order valence-corrected chi connectivity index (χ1v) is 10.9. The predicted molar refractivity (Wildman–Crippen MR) is 118 cm³/mol. The number of hydrogen-bond acceptors (Lipinski definition) is 5. The molecule has 2 aromatic rings. The van der Waals surface area contributed by atoms with Gasteiger partial charge in [-0.1, -0.05) is 60.7 Å². The SMILES string of the molecule is CNC(=O)[C@H](Cc1ccccc1)NC(=O)[C@H](CSC)NC(=O)OCc1ccccc1. The fourth-order valence-corrected chi connectivity index (χ4v) is 3.33. The van der Waals surface area contributed by atoms with Crippen LogP contribution < -0.4 is 16.0 Å². The second kappa shape index (κ2) is 12.5. The number of benzene rings is 2. The molecule has 2 rings (SSSR count). The Morgan fingerprint density at radius 2 is 1.47 bits per heavy atom. The Balaban J connectivity index is 1.97. The van der Waals surface area contributed by atoms with E-state index in [0.717, 1.165) is 11.1 Å². The van der Waals surface area contributed by atoms with E-state index < -0.39 is 24.1 Å². The first-order valence-electron chi connectivity index (χ1n) is 9.55. The van der Waals surface area contributed by atoms with Crippen LogP contribution in [0, 0.1) is 0 Å². The molecule has 0 saturated heterocycles. The van der Waals surface area contributed by atoms with Gasteiger partial charge in [0.1, 0.15) is 18.7 Å². The number of nitrogens with one attached hydrogen (secondary N) is 3. The summed E-state index contributed by atoms with van der Waals surface area (Å²) in [4.78, 5) is 37.2. The van der Waals surface area contributed by atoms with Gasteiger partial charge >= 0.3 is 6.09 Å². The fourth-order valence-electron chi connectivity index (χ4n) is 2.76. The maximum atomic E-state index is 12.8. The van der Waals surface area contributed by atoms with Crippen molar-refractivity contribution in [3.05, 3.63) is 71.8 Å². The predicted octanol–water partition coefficient (Wildman–Crippen LogP) is 2.12. The second-order valence-corrected chi connectivity index (χ2v) is 7.49. The van der Waals surface area contributed by atoms with Gasteiger partial charge in [-0.25, -0.2) is 4.79 Å². The minimum absolute atomic E-state index is 0.106. The smallest absolute Gasteiger partial charge is 0.408 e. The molecule has 3 amide bonds. The van der Waals surface area contributed by atoms with Crippen molar-refractivity contribution in [1.82, 2.24) is 16.0 Å². The molecule has 0 saturated carbocycles. The lowest BCUT2D eigenvalue weighted by Crippen LogP contribution is -2.55. The van der Waals surface area contributed by atoms with E-state index in [0.29, 0.717) is 12.2 Å². The number of hydrogen-bond donors (Lipinski definition) is 3. The normalized spacial score (nSPS) is 12.3. The minimum atomic E-state index is -0.828. The summed E-state index contributed by atoms with van der Waals surface area (Å²) in [5.74, 6) is -0.398. The average molecular weight is 430 g/mol. The van der Waals surface area contributed by atoms with Gasteiger partial charge in [0.25, 0.3) is 0 Å². The van der Waals surface area contributed by atoms with Gasteiger partial charge in [0.2, 0.25) is 11.8 Å². The highest BCUT2D eigenvalue weighted by atomic mass is 32.2. The Morgan fingerprint density at radius 1 is 0.867 bits per heavy atom. The first-order chi connectivity index (χ1) is 14.5. The van der Waals surface area contributed by atoms with Crippen LogP contribution in [0.4, 0.5) is 4.79 Å². The van der Waals surface area contributed by atoms with Crippen molar-refractivity contribution in [2.45, 2.75) is 25.1 Å². The quantitative estimate of drug-likeness (QED) is 0.538. The summed E-state index contributed by atoms with van der Waals surface area (Å²) in [7, 11) is 1.52. The van der Waals surface area contributed by atoms with Gasteiger partial charge in [0, 0.05) is 19.2 Å². The van der Waals surface area contributed by atoms with E-state index in [2.05, 4.69) is 16.0 Å². The lowest BCUT2D eigenvalue weighted by Gasteiger charge is -2.22. The van der Waals surface area contributed by atoms with Crippen molar-refractivity contribution in [2.24, 2.45) is 0 Å². The van der Waals surface area contributed by atoms with Crippen LogP contribution in [0.3, 0.4) is 0 Å². The van der Waals surface area contributed by atoms with Crippen LogP contribution in [0.25, 0.3) is 0 Å². The third-order valence-corrected chi connectivity index (χ3v) is 4.98. The van der Waals surface area contributed by atoms with Gasteiger partial charge in [0.15, 0.2) is 0 Å². The van der Waals surface area contributed by atoms with Crippen molar-refractivity contribution >= 4 is 29.7 Å². The Bertz CT molecular complexity index is 818. The van der Waals surface area contributed by atoms with E-state index in [-0.39, 0.29) is 12.5 Å². The molecule has 0 unspecified atom stereocenters. The van der Waals surface area contributed by atoms with Crippen molar-refractivity contribution < 1.29 is 19.1 Å². The van der Waals surface area contributed by atoms with E-state index in [1.165, 1.54) is 18.8 Å². The average Bonchev–Trinajstić information content (AvgIpc) is 2.77. The van der Waals surface area contributed by atoms with E-state index in [4.69, 9.17) is 4.74 Å². The highest BCUT2D eigenvalue weighted by Crippen LogP contribution is 2.06. The molecule has 7 nitrogen and oxygen atoms in total. The molecule has 30 heavy (non-hydrogen) atoms. The number of carbonyl (C=O) groups is 3. The van der Waals surface area contributed by atoms with E-state index in [1.807, 2.05) is 66.9 Å². The standard InChI is InChI=1S/C22H27N3O4S/c1-23-20(26)18(13-16-9-5-3-6-10-16)24-21(27)19(15-30-2)25-22(28)29-14-17-11-7-4-8-12-17/h3-12,18-19H,13-15H2,1-2H3,(H,23,26)(H,24,27)(H,25,28)/t18-,19-/m0/s1. The van der Waals surface area contributed by atoms with E-state index in [1.54, 1.807) is 0 Å². The number of rotatable bonds is 10. The molecule has 0 aliphatic heterocycles. The Labute approximate surface area is 181 Å². The number of amides is 3. The van der Waals surface area contributed by atoms with Crippen LogP contribution in [0.2, 0.25) is 0 Å². The van der Waals surface area contributed by atoms with E-state index in [9.17, 15) is 14.4 Å². The van der Waals surface area contributed by atoms with Crippen molar-refractivity contribution in [3.8, 4) is 0 Å². The third kappa shape index (κ3) is 7.79. The third-order valence-electron chi connectivity index (χ3n) is 4.32. The lowest BCUT2D eigenvalue weighted by molar-refractivity contribution is -0.129. The summed E-state index contributed by atoms with van der Waals surface area (Å²) < 4.78 is 5.21.